The zero-order valence-electron chi connectivity index (χ0n) is 15.5. The van der Waals surface area contributed by atoms with Crippen LogP contribution in [0.4, 0.5) is 0 Å². The van der Waals surface area contributed by atoms with Crippen molar-refractivity contribution in [3.63, 3.8) is 0 Å². The first-order valence-electron chi connectivity index (χ1n) is 10.0. The lowest BCUT2D eigenvalue weighted by atomic mass is 9.45. The molecule has 4 saturated carbocycles. The van der Waals surface area contributed by atoms with Crippen molar-refractivity contribution in [3.8, 4) is 0 Å². The van der Waals surface area contributed by atoms with Gasteiger partial charge in [0.15, 0.2) is 0 Å². The van der Waals surface area contributed by atoms with Gasteiger partial charge >= 0.3 is 5.97 Å². The quantitative estimate of drug-likeness (QED) is 0.663. The molecule has 3 heteroatoms. The molecule has 0 radical (unpaired) electrons. The third-order valence-electron chi connectivity index (χ3n) is 8.54. The fraction of sp³-hybridized carbons (Fsp3) is 0.905. The van der Waals surface area contributed by atoms with Gasteiger partial charge in [0.25, 0.3) is 0 Å². The summed E-state index contributed by atoms with van der Waals surface area (Å²) in [6.07, 6.45) is 10.2. The van der Waals surface area contributed by atoms with E-state index < -0.39 is 0 Å². The largest absolute Gasteiger partial charge is 0.463 e. The maximum absolute atomic E-state index is 13.1. The summed E-state index contributed by atoms with van der Waals surface area (Å²) in [5, 5.41) is 0. The second-order valence-corrected chi connectivity index (χ2v) is 9.70. The second kappa shape index (κ2) is 5.57. The van der Waals surface area contributed by atoms with Crippen LogP contribution in [0.15, 0.2) is 0 Å². The predicted molar refractivity (Wildman–Crippen MR) is 92.3 cm³/mol. The van der Waals surface area contributed by atoms with Crippen LogP contribution < -0.4 is 0 Å². The maximum Gasteiger partial charge on any atom is 0.302 e. The standard InChI is InChI=1S/C21H32O3/c1-13(22)24-15-6-10-21(3)14(11-15)12-18(23)19-16-5-4-8-20(16,2)9-7-17(19)21/h14-17,19H,4-12H2,1-3H3. The summed E-state index contributed by atoms with van der Waals surface area (Å²) in [6.45, 7) is 6.39. The smallest absolute Gasteiger partial charge is 0.302 e. The van der Waals surface area contributed by atoms with Crippen molar-refractivity contribution < 1.29 is 14.3 Å². The Kier molecular flexibility index (Phi) is 3.85. The van der Waals surface area contributed by atoms with Gasteiger partial charge in [-0.2, -0.15) is 0 Å². The van der Waals surface area contributed by atoms with Crippen LogP contribution in [-0.4, -0.2) is 17.9 Å². The molecule has 0 aromatic heterocycles. The van der Waals surface area contributed by atoms with E-state index in [2.05, 4.69) is 13.8 Å². The van der Waals surface area contributed by atoms with Gasteiger partial charge in [0.1, 0.15) is 11.9 Å². The molecule has 134 valence electrons. The molecule has 0 spiro atoms. The average molecular weight is 332 g/mol. The molecule has 0 heterocycles. The van der Waals surface area contributed by atoms with Crippen molar-refractivity contribution in [2.24, 2.45) is 34.5 Å². The average Bonchev–Trinajstić information content (AvgIpc) is 2.90. The predicted octanol–water partition coefficient (Wildman–Crippen LogP) is 4.53. The Morgan fingerprint density at radius 1 is 1.08 bits per heavy atom. The minimum absolute atomic E-state index is 0.0326. The number of rotatable bonds is 1. The molecule has 0 aromatic carbocycles. The van der Waals surface area contributed by atoms with Crippen LogP contribution in [0.2, 0.25) is 0 Å². The molecule has 0 aromatic rings. The third-order valence-corrected chi connectivity index (χ3v) is 8.54. The van der Waals surface area contributed by atoms with Crippen LogP contribution in [0.25, 0.3) is 0 Å². The van der Waals surface area contributed by atoms with Gasteiger partial charge < -0.3 is 4.74 Å². The van der Waals surface area contributed by atoms with Crippen LogP contribution >= 0.6 is 0 Å². The number of hydrogen-bond donors (Lipinski definition) is 0. The summed E-state index contributed by atoms with van der Waals surface area (Å²) in [6, 6.07) is 0. The molecule has 4 aliphatic carbocycles. The number of ketones is 1. The number of ether oxygens (including phenoxy) is 1. The highest BCUT2D eigenvalue weighted by Crippen LogP contribution is 2.65. The number of Topliss-reactive ketones (excluding diaryl/α,β-unsaturated/α-hetero) is 1. The molecule has 24 heavy (non-hydrogen) atoms. The fourth-order valence-corrected chi connectivity index (χ4v) is 7.22. The van der Waals surface area contributed by atoms with E-state index in [1.165, 1.54) is 39.0 Å². The first-order valence-corrected chi connectivity index (χ1v) is 10.0. The van der Waals surface area contributed by atoms with Crippen molar-refractivity contribution in [3.05, 3.63) is 0 Å². The molecular formula is C21H32O3. The van der Waals surface area contributed by atoms with Crippen molar-refractivity contribution in [1.29, 1.82) is 0 Å². The van der Waals surface area contributed by atoms with Crippen molar-refractivity contribution in [2.75, 3.05) is 0 Å². The van der Waals surface area contributed by atoms with E-state index in [0.29, 0.717) is 34.9 Å². The molecule has 0 aliphatic heterocycles. The molecule has 3 nitrogen and oxygen atoms in total. The highest BCUT2D eigenvalue weighted by Gasteiger charge is 2.60. The summed E-state index contributed by atoms with van der Waals surface area (Å²) < 4.78 is 5.49. The minimum atomic E-state index is -0.178. The lowest BCUT2D eigenvalue weighted by Crippen LogP contribution is -2.56. The van der Waals surface area contributed by atoms with E-state index in [4.69, 9.17) is 4.74 Å². The van der Waals surface area contributed by atoms with Crippen LogP contribution in [0.5, 0.6) is 0 Å². The Balaban J connectivity index is 1.59. The normalized spacial score (nSPS) is 50.6. The molecule has 7 unspecified atom stereocenters. The molecule has 0 N–H and O–H groups in total. The van der Waals surface area contributed by atoms with E-state index in [-0.39, 0.29) is 17.5 Å². The van der Waals surface area contributed by atoms with Gasteiger partial charge in [-0.15, -0.1) is 0 Å². The first-order chi connectivity index (χ1) is 11.3. The van der Waals surface area contributed by atoms with Gasteiger partial charge in [-0.1, -0.05) is 20.3 Å². The van der Waals surface area contributed by atoms with Crippen LogP contribution in [0, 0.1) is 34.5 Å². The van der Waals surface area contributed by atoms with E-state index in [9.17, 15) is 9.59 Å². The molecule has 0 amide bonds. The van der Waals surface area contributed by atoms with E-state index >= 15 is 0 Å². The molecule has 0 bridgehead atoms. The van der Waals surface area contributed by atoms with E-state index in [0.717, 1.165) is 25.7 Å². The van der Waals surface area contributed by atoms with Crippen molar-refractivity contribution in [1.82, 2.24) is 0 Å². The second-order valence-electron chi connectivity index (χ2n) is 9.70. The van der Waals surface area contributed by atoms with Crippen LogP contribution in [-0.2, 0) is 14.3 Å². The maximum atomic E-state index is 13.1. The summed E-state index contributed by atoms with van der Waals surface area (Å²) >= 11 is 0. The van der Waals surface area contributed by atoms with E-state index in [1.54, 1.807) is 0 Å². The monoisotopic (exact) mass is 332 g/mol. The van der Waals surface area contributed by atoms with Gasteiger partial charge in [0.05, 0.1) is 0 Å². The molecule has 0 saturated heterocycles. The van der Waals surface area contributed by atoms with Gasteiger partial charge in [-0.3, -0.25) is 9.59 Å². The zero-order valence-corrected chi connectivity index (χ0v) is 15.5. The van der Waals surface area contributed by atoms with Gasteiger partial charge in [0, 0.05) is 19.3 Å². The molecule has 4 aliphatic rings. The van der Waals surface area contributed by atoms with Gasteiger partial charge in [-0.25, -0.2) is 0 Å². The van der Waals surface area contributed by atoms with Gasteiger partial charge in [-0.05, 0) is 73.5 Å². The number of carbonyl (C=O) groups excluding carboxylic acids is 2. The summed E-state index contributed by atoms with van der Waals surface area (Å²) in [4.78, 5) is 24.4. The van der Waals surface area contributed by atoms with Crippen LogP contribution in [0.1, 0.15) is 78.6 Å². The molecular weight excluding hydrogens is 300 g/mol. The third kappa shape index (κ3) is 2.37. The number of fused-ring (bicyclic) bond motifs is 5. The number of hydrogen-bond acceptors (Lipinski definition) is 3. The zero-order chi connectivity index (χ0) is 17.1. The van der Waals surface area contributed by atoms with Crippen molar-refractivity contribution >= 4 is 11.8 Å². The Hall–Kier alpha value is -0.860. The number of esters is 1. The molecule has 4 rings (SSSR count). The lowest BCUT2D eigenvalue weighted by Gasteiger charge is -2.59. The molecule has 7 atom stereocenters. The minimum Gasteiger partial charge on any atom is -0.463 e. The Morgan fingerprint density at radius 2 is 1.88 bits per heavy atom. The molecule has 4 fully saturated rings. The summed E-state index contributed by atoms with van der Waals surface area (Å²) in [5.41, 5.74) is 0.702. The Bertz CT molecular complexity index is 555. The van der Waals surface area contributed by atoms with Crippen LogP contribution in [0.3, 0.4) is 0 Å². The highest BCUT2D eigenvalue weighted by molar-refractivity contribution is 5.83. The SMILES string of the molecule is CC(=O)OC1CCC2(C)C(CC(=O)C3C4CCCC4(C)CCC32)C1. The van der Waals surface area contributed by atoms with Crippen molar-refractivity contribution in [2.45, 2.75) is 84.7 Å². The fourth-order valence-electron chi connectivity index (χ4n) is 7.22. The first kappa shape index (κ1) is 16.6. The highest BCUT2D eigenvalue weighted by atomic mass is 16.5. The lowest BCUT2D eigenvalue weighted by molar-refractivity contribution is -0.166. The summed E-state index contributed by atoms with van der Waals surface area (Å²) in [7, 11) is 0. The topological polar surface area (TPSA) is 43.4 Å². The number of carbonyl (C=O) groups is 2. The van der Waals surface area contributed by atoms with Gasteiger partial charge in [0.2, 0.25) is 0 Å². The summed E-state index contributed by atoms with van der Waals surface area (Å²) in [5.74, 6) is 2.28. The Morgan fingerprint density at radius 3 is 2.62 bits per heavy atom. The van der Waals surface area contributed by atoms with E-state index in [1.807, 2.05) is 0 Å². The Labute approximate surface area is 145 Å².